The van der Waals surface area contributed by atoms with Gasteiger partial charge in [-0.1, -0.05) is 27.7 Å². The molecule has 80 valence electrons. The van der Waals surface area contributed by atoms with E-state index in [2.05, 4.69) is 27.7 Å². The number of rotatable bonds is 0. The molecule has 14 heavy (non-hydrogen) atoms. The van der Waals surface area contributed by atoms with Crippen molar-refractivity contribution in [1.29, 1.82) is 0 Å². The lowest BCUT2D eigenvalue weighted by Gasteiger charge is -2.66. The van der Waals surface area contributed by atoms with Crippen molar-refractivity contribution in [3.8, 4) is 0 Å². The highest BCUT2D eigenvalue weighted by atomic mass is 14.6. The second-order valence-corrected chi connectivity index (χ2v) is 7.40. The Labute approximate surface area is 88.5 Å². The largest absolute Gasteiger partial charge is 0.0594 e. The fourth-order valence-corrected chi connectivity index (χ4v) is 5.31. The van der Waals surface area contributed by atoms with E-state index in [0.29, 0.717) is 10.8 Å². The molecule has 2 atom stereocenters. The molecule has 0 heteroatoms. The van der Waals surface area contributed by atoms with Gasteiger partial charge < -0.3 is 0 Å². The van der Waals surface area contributed by atoms with Gasteiger partial charge in [0.15, 0.2) is 0 Å². The lowest BCUT2D eigenvalue weighted by Crippen LogP contribution is -2.58. The van der Waals surface area contributed by atoms with E-state index in [1.807, 2.05) is 0 Å². The van der Waals surface area contributed by atoms with Crippen LogP contribution < -0.4 is 0 Å². The van der Waals surface area contributed by atoms with Gasteiger partial charge in [0.2, 0.25) is 0 Å². The van der Waals surface area contributed by atoms with Gasteiger partial charge in [-0.05, 0) is 60.2 Å². The topological polar surface area (TPSA) is 0 Å². The van der Waals surface area contributed by atoms with E-state index in [0.717, 1.165) is 23.7 Å². The summed E-state index contributed by atoms with van der Waals surface area (Å²) in [5.74, 6) is 4.21. The first kappa shape index (κ1) is 9.24. The van der Waals surface area contributed by atoms with Crippen LogP contribution in [0.5, 0.6) is 0 Å². The Morgan fingerprint density at radius 1 is 0.714 bits per heavy atom. The second-order valence-electron chi connectivity index (χ2n) is 7.40. The molecule has 2 unspecified atom stereocenters. The van der Waals surface area contributed by atoms with Crippen LogP contribution in [0.25, 0.3) is 0 Å². The number of hydrogen-bond donors (Lipinski definition) is 0. The van der Waals surface area contributed by atoms with Crippen molar-refractivity contribution in [1.82, 2.24) is 0 Å². The first-order valence-electron chi connectivity index (χ1n) is 6.42. The van der Waals surface area contributed by atoms with Crippen LogP contribution in [0.4, 0.5) is 0 Å². The third-order valence-electron chi connectivity index (χ3n) is 6.27. The molecule has 0 heterocycles. The van der Waals surface area contributed by atoms with Gasteiger partial charge in [0, 0.05) is 0 Å². The number of hydrogen-bond acceptors (Lipinski definition) is 0. The first-order chi connectivity index (χ1) is 6.42. The summed E-state index contributed by atoms with van der Waals surface area (Å²) in [6, 6.07) is 0. The van der Waals surface area contributed by atoms with Gasteiger partial charge in [-0.25, -0.2) is 0 Å². The highest BCUT2D eigenvalue weighted by molar-refractivity contribution is 5.09. The summed E-state index contributed by atoms with van der Waals surface area (Å²) in [7, 11) is 0. The summed E-state index contributed by atoms with van der Waals surface area (Å²) in [5.41, 5.74) is 1.27. The van der Waals surface area contributed by atoms with Crippen LogP contribution in [0.15, 0.2) is 0 Å². The van der Waals surface area contributed by atoms with Crippen molar-refractivity contribution in [3.05, 3.63) is 0 Å². The minimum Gasteiger partial charge on any atom is -0.0594 e. The lowest BCUT2D eigenvalue weighted by atomic mass is 9.39. The predicted molar refractivity (Wildman–Crippen MR) is 60.0 cm³/mol. The van der Waals surface area contributed by atoms with Crippen LogP contribution in [0.3, 0.4) is 0 Å². The molecule has 0 amide bonds. The Kier molecular flexibility index (Phi) is 1.58. The quantitative estimate of drug-likeness (QED) is 0.542. The van der Waals surface area contributed by atoms with Gasteiger partial charge in [-0.2, -0.15) is 0 Å². The smallest absolute Gasteiger partial charge is 0.0292 e. The summed E-state index contributed by atoms with van der Waals surface area (Å²) in [4.78, 5) is 0. The zero-order valence-electron chi connectivity index (χ0n) is 10.1. The molecule has 4 rings (SSSR count). The van der Waals surface area contributed by atoms with Gasteiger partial charge in [0.1, 0.15) is 0 Å². The van der Waals surface area contributed by atoms with Crippen molar-refractivity contribution in [3.63, 3.8) is 0 Å². The average Bonchev–Trinajstić information content (AvgIpc) is 2.09. The second kappa shape index (κ2) is 2.39. The zero-order chi connectivity index (χ0) is 10.1. The Hall–Kier alpha value is 0. The lowest BCUT2D eigenvalue weighted by molar-refractivity contribution is -0.170. The van der Waals surface area contributed by atoms with Gasteiger partial charge in [-0.3, -0.25) is 0 Å². The van der Waals surface area contributed by atoms with Gasteiger partial charge in [0.05, 0.1) is 0 Å². The molecule has 0 spiro atoms. The monoisotopic (exact) mass is 192 g/mol. The molecule has 4 bridgehead atoms. The molecule has 4 aliphatic carbocycles. The maximum Gasteiger partial charge on any atom is -0.0292 e. The van der Waals surface area contributed by atoms with Gasteiger partial charge in [0.25, 0.3) is 0 Å². The summed E-state index contributed by atoms with van der Waals surface area (Å²) in [6.45, 7) is 10.2. The molecule has 0 aromatic carbocycles. The van der Waals surface area contributed by atoms with Crippen LogP contribution in [0.2, 0.25) is 0 Å². The highest BCUT2D eigenvalue weighted by Gasteiger charge is 2.60. The van der Waals surface area contributed by atoms with E-state index in [-0.39, 0.29) is 0 Å². The van der Waals surface area contributed by atoms with Crippen molar-refractivity contribution in [2.75, 3.05) is 0 Å². The Morgan fingerprint density at radius 2 is 1.21 bits per heavy atom. The van der Waals surface area contributed by atoms with Crippen LogP contribution in [0, 0.1) is 34.5 Å². The molecule has 0 nitrogen and oxygen atoms in total. The Morgan fingerprint density at radius 3 is 1.71 bits per heavy atom. The molecule has 4 saturated carbocycles. The summed E-state index contributed by atoms with van der Waals surface area (Å²) in [5, 5.41) is 0. The van der Waals surface area contributed by atoms with Crippen LogP contribution in [-0.2, 0) is 0 Å². The van der Waals surface area contributed by atoms with Crippen molar-refractivity contribution in [2.24, 2.45) is 34.5 Å². The average molecular weight is 192 g/mol. The van der Waals surface area contributed by atoms with E-state index >= 15 is 0 Å². The molecular formula is C14H24. The molecular weight excluding hydrogens is 168 g/mol. The molecule has 4 fully saturated rings. The Bertz CT molecular complexity index is 237. The van der Waals surface area contributed by atoms with Gasteiger partial charge >= 0.3 is 0 Å². The van der Waals surface area contributed by atoms with Crippen molar-refractivity contribution < 1.29 is 0 Å². The summed E-state index contributed by atoms with van der Waals surface area (Å²) < 4.78 is 0. The molecule has 4 aliphatic rings. The van der Waals surface area contributed by atoms with E-state index < -0.39 is 0 Å². The maximum absolute atomic E-state index is 2.54. The maximum atomic E-state index is 2.54. The predicted octanol–water partition coefficient (Wildman–Crippen LogP) is 4.10. The van der Waals surface area contributed by atoms with Gasteiger partial charge in [-0.15, -0.1) is 0 Å². The van der Waals surface area contributed by atoms with Crippen molar-refractivity contribution in [2.45, 2.75) is 53.4 Å². The van der Waals surface area contributed by atoms with Crippen LogP contribution in [0.1, 0.15) is 53.4 Å². The van der Waals surface area contributed by atoms with Crippen LogP contribution in [-0.4, -0.2) is 0 Å². The van der Waals surface area contributed by atoms with E-state index in [1.54, 1.807) is 12.8 Å². The molecule has 0 N–H and O–H groups in total. The summed E-state index contributed by atoms with van der Waals surface area (Å²) in [6.07, 6.45) is 6.17. The van der Waals surface area contributed by atoms with E-state index in [9.17, 15) is 0 Å². The first-order valence-corrected chi connectivity index (χ1v) is 6.42. The molecule has 0 saturated heterocycles. The van der Waals surface area contributed by atoms with E-state index in [1.165, 1.54) is 12.8 Å². The minimum absolute atomic E-state index is 0.636. The Balaban J connectivity index is 2.04. The molecule has 0 radical (unpaired) electrons. The van der Waals surface area contributed by atoms with Crippen LogP contribution >= 0.6 is 0 Å². The summed E-state index contributed by atoms with van der Waals surface area (Å²) >= 11 is 0. The molecule has 0 aromatic heterocycles. The van der Waals surface area contributed by atoms with Crippen molar-refractivity contribution >= 4 is 0 Å². The molecule has 0 aromatic rings. The highest BCUT2D eigenvalue weighted by Crippen LogP contribution is 2.68. The third kappa shape index (κ3) is 0.907. The zero-order valence-corrected chi connectivity index (χ0v) is 10.1. The molecule has 0 aliphatic heterocycles. The minimum atomic E-state index is 0.636. The normalized spacial score (nSPS) is 52.3. The standard InChI is InChI=1S/C14H24/c1-13(2)10-5-9-6-11(8-10)14(3,4)12(13)7-9/h9-12H,5-8H2,1-4H3. The third-order valence-corrected chi connectivity index (χ3v) is 6.27. The fraction of sp³-hybridized carbons (Fsp3) is 1.00. The fourth-order valence-electron chi connectivity index (χ4n) is 5.31. The SMILES string of the molecule is CC1(C)C2CC3CC(C2)C(C)(C)C1C3. The van der Waals surface area contributed by atoms with E-state index in [4.69, 9.17) is 0 Å².